The van der Waals surface area contributed by atoms with Gasteiger partial charge in [-0.05, 0) is 42.8 Å². The molecule has 0 saturated carbocycles. The molecule has 0 spiro atoms. The Morgan fingerprint density at radius 2 is 1.68 bits per heavy atom. The molecular weight excluding hydrogens is 372 g/mol. The Hall–Kier alpha value is -2.65. The molecule has 0 unspecified atom stereocenters. The van der Waals surface area contributed by atoms with Crippen LogP contribution in [0.25, 0.3) is 38.6 Å². The van der Waals surface area contributed by atoms with Crippen molar-refractivity contribution in [3.63, 3.8) is 0 Å². The number of aryl methyl sites for hydroxylation is 1. The molecule has 3 heteroatoms. The van der Waals surface area contributed by atoms with Crippen molar-refractivity contribution in [2.75, 3.05) is 0 Å². The zero-order chi connectivity index (χ0) is 17.0. The van der Waals surface area contributed by atoms with Crippen molar-refractivity contribution in [3.8, 4) is 11.3 Å². The molecule has 0 aliphatic carbocycles. The summed E-state index contributed by atoms with van der Waals surface area (Å²) in [4.78, 5) is 5.02. The number of pyridine rings is 2. The number of hydrogen-bond acceptors (Lipinski definition) is 1. The van der Waals surface area contributed by atoms with Crippen molar-refractivity contribution in [1.82, 2.24) is 9.38 Å². The van der Waals surface area contributed by atoms with Gasteiger partial charge in [-0.25, -0.2) is 4.98 Å². The van der Waals surface area contributed by atoms with E-state index in [2.05, 4.69) is 94.1 Å². The SMILES string of the molecule is Cc1cccn2c1cc1c3ccccc3nc(-c3ccc(Br)cc3)c12. The van der Waals surface area contributed by atoms with Gasteiger partial charge in [-0.15, -0.1) is 0 Å². The first-order valence-electron chi connectivity index (χ1n) is 8.27. The number of fused-ring (bicyclic) bond motifs is 5. The summed E-state index contributed by atoms with van der Waals surface area (Å²) in [6.07, 6.45) is 2.13. The van der Waals surface area contributed by atoms with E-state index in [9.17, 15) is 0 Å². The van der Waals surface area contributed by atoms with E-state index in [4.69, 9.17) is 4.98 Å². The van der Waals surface area contributed by atoms with E-state index in [0.29, 0.717) is 0 Å². The van der Waals surface area contributed by atoms with Crippen molar-refractivity contribution in [2.45, 2.75) is 6.92 Å². The van der Waals surface area contributed by atoms with Crippen LogP contribution in [0.15, 0.2) is 77.4 Å². The van der Waals surface area contributed by atoms with Gasteiger partial charge in [-0.1, -0.05) is 52.3 Å². The summed E-state index contributed by atoms with van der Waals surface area (Å²) < 4.78 is 3.34. The Morgan fingerprint density at radius 3 is 2.52 bits per heavy atom. The third kappa shape index (κ3) is 2.19. The highest BCUT2D eigenvalue weighted by Gasteiger charge is 2.15. The van der Waals surface area contributed by atoms with Crippen LogP contribution in [0.4, 0.5) is 0 Å². The second-order valence-corrected chi connectivity index (χ2v) is 7.25. The fraction of sp³-hybridized carbons (Fsp3) is 0.0455. The summed E-state index contributed by atoms with van der Waals surface area (Å²) in [5.41, 5.74) is 6.84. The van der Waals surface area contributed by atoms with Crippen molar-refractivity contribution >= 4 is 43.3 Å². The summed E-state index contributed by atoms with van der Waals surface area (Å²) >= 11 is 3.52. The van der Waals surface area contributed by atoms with E-state index in [-0.39, 0.29) is 0 Å². The van der Waals surface area contributed by atoms with Gasteiger partial charge in [0, 0.05) is 32.5 Å². The molecule has 0 fully saturated rings. The van der Waals surface area contributed by atoms with Crippen LogP contribution in [0.1, 0.15) is 5.56 Å². The Kier molecular flexibility index (Phi) is 3.19. The predicted molar refractivity (Wildman–Crippen MR) is 108 cm³/mol. The van der Waals surface area contributed by atoms with E-state index in [1.165, 1.54) is 27.4 Å². The predicted octanol–water partition coefficient (Wildman–Crippen LogP) is 6.38. The smallest absolute Gasteiger partial charge is 0.0956 e. The minimum atomic E-state index is 1.02. The molecule has 5 rings (SSSR count). The second kappa shape index (κ2) is 5.43. The molecule has 0 bridgehead atoms. The maximum Gasteiger partial charge on any atom is 0.0956 e. The lowest BCUT2D eigenvalue weighted by molar-refractivity contribution is 1.22. The lowest BCUT2D eigenvalue weighted by Gasteiger charge is -2.09. The lowest BCUT2D eigenvalue weighted by Crippen LogP contribution is -1.92. The quantitative estimate of drug-likeness (QED) is 0.326. The van der Waals surface area contributed by atoms with Crippen LogP contribution in [0.3, 0.4) is 0 Å². The highest BCUT2D eigenvalue weighted by molar-refractivity contribution is 9.10. The number of para-hydroxylation sites is 1. The van der Waals surface area contributed by atoms with Gasteiger partial charge in [0.25, 0.3) is 0 Å². The Morgan fingerprint density at radius 1 is 0.880 bits per heavy atom. The molecule has 0 N–H and O–H groups in total. The standard InChI is InChI=1S/C22H15BrN2/c1-14-5-4-12-25-20(14)13-18-17-6-2-3-7-19(17)24-21(22(18)25)15-8-10-16(23)11-9-15/h2-13H,1H3. The number of hydrogen-bond donors (Lipinski definition) is 0. The highest BCUT2D eigenvalue weighted by atomic mass is 79.9. The number of nitrogens with zero attached hydrogens (tertiary/aromatic N) is 2. The van der Waals surface area contributed by atoms with Crippen molar-refractivity contribution in [3.05, 3.63) is 83.0 Å². The van der Waals surface area contributed by atoms with E-state index in [0.717, 1.165) is 21.2 Å². The van der Waals surface area contributed by atoms with E-state index in [1.54, 1.807) is 0 Å². The fourth-order valence-electron chi connectivity index (χ4n) is 3.57. The first kappa shape index (κ1) is 14.7. The van der Waals surface area contributed by atoms with Crippen LogP contribution in [-0.2, 0) is 0 Å². The summed E-state index contributed by atoms with van der Waals surface area (Å²) in [6, 6.07) is 23.3. The van der Waals surface area contributed by atoms with Gasteiger partial charge in [0.1, 0.15) is 0 Å². The van der Waals surface area contributed by atoms with Crippen molar-refractivity contribution < 1.29 is 0 Å². The molecule has 0 atom stereocenters. The largest absolute Gasteiger partial charge is 0.314 e. The number of aromatic nitrogens is 2. The Bertz CT molecular complexity index is 1250. The molecule has 3 heterocycles. The number of rotatable bonds is 1. The average molecular weight is 387 g/mol. The summed E-state index contributed by atoms with van der Waals surface area (Å²) in [6.45, 7) is 2.16. The summed E-state index contributed by atoms with van der Waals surface area (Å²) in [5, 5.41) is 2.44. The summed E-state index contributed by atoms with van der Waals surface area (Å²) in [5.74, 6) is 0. The monoisotopic (exact) mass is 386 g/mol. The minimum absolute atomic E-state index is 1.02. The average Bonchev–Trinajstić information content (AvgIpc) is 3.03. The van der Waals surface area contributed by atoms with E-state index >= 15 is 0 Å². The van der Waals surface area contributed by atoms with Gasteiger partial charge in [0.05, 0.1) is 16.7 Å². The third-order valence-electron chi connectivity index (χ3n) is 4.79. The van der Waals surface area contributed by atoms with Crippen LogP contribution >= 0.6 is 15.9 Å². The number of halogens is 1. The molecule has 2 nitrogen and oxygen atoms in total. The van der Waals surface area contributed by atoms with Crippen LogP contribution < -0.4 is 0 Å². The Balaban J connectivity index is 2.03. The fourth-order valence-corrected chi connectivity index (χ4v) is 3.83. The minimum Gasteiger partial charge on any atom is -0.314 e. The summed E-state index contributed by atoms with van der Waals surface area (Å²) in [7, 11) is 0. The lowest BCUT2D eigenvalue weighted by atomic mass is 10.1. The molecule has 0 amide bonds. The van der Waals surface area contributed by atoms with Gasteiger partial charge in [-0.2, -0.15) is 0 Å². The Labute approximate surface area is 153 Å². The molecule has 120 valence electrons. The van der Waals surface area contributed by atoms with E-state index < -0.39 is 0 Å². The molecule has 0 saturated heterocycles. The van der Waals surface area contributed by atoms with Crippen LogP contribution in [0.5, 0.6) is 0 Å². The van der Waals surface area contributed by atoms with E-state index in [1.807, 2.05) is 6.07 Å². The van der Waals surface area contributed by atoms with Gasteiger partial charge in [0.2, 0.25) is 0 Å². The zero-order valence-corrected chi connectivity index (χ0v) is 15.3. The first-order valence-corrected chi connectivity index (χ1v) is 9.07. The van der Waals surface area contributed by atoms with Crippen LogP contribution in [-0.4, -0.2) is 9.38 Å². The third-order valence-corrected chi connectivity index (χ3v) is 5.32. The first-order chi connectivity index (χ1) is 12.2. The van der Waals surface area contributed by atoms with Crippen molar-refractivity contribution in [1.29, 1.82) is 0 Å². The molecule has 25 heavy (non-hydrogen) atoms. The molecule has 3 aromatic heterocycles. The van der Waals surface area contributed by atoms with Gasteiger partial charge in [0.15, 0.2) is 0 Å². The molecular formula is C22H15BrN2. The number of benzene rings is 2. The topological polar surface area (TPSA) is 17.3 Å². The molecule has 0 aliphatic heterocycles. The maximum atomic E-state index is 5.02. The molecule has 2 aromatic carbocycles. The molecule has 0 aliphatic rings. The van der Waals surface area contributed by atoms with Crippen LogP contribution in [0, 0.1) is 6.92 Å². The second-order valence-electron chi connectivity index (χ2n) is 6.34. The maximum absolute atomic E-state index is 5.02. The molecule has 0 radical (unpaired) electrons. The normalized spacial score (nSPS) is 11.6. The van der Waals surface area contributed by atoms with Crippen molar-refractivity contribution in [2.24, 2.45) is 0 Å². The highest BCUT2D eigenvalue weighted by Crippen LogP contribution is 2.35. The zero-order valence-electron chi connectivity index (χ0n) is 13.7. The van der Waals surface area contributed by atoms with Gasteiger partial charge >= 0.3 is 0 Å². The van der Waals surface area contributed by atoms with Gasteiger partial charge in [-0.3, -0.25) is 0 Å². The van der Waals surface area contributed by atoms with Gasteiger partial charge < -0.3 is 4.40 Å². The van der Waals surface area contributed by atoms with Crippen LogP contribution in [0.2, 0.25) is 0 Å². The molecule has 5 aromatic rings.